The zero-order valence-corrected chi connectivity index (χ0v) is 10.6. The molecule has 1 aliphatic rings. The number of rotatable bonds is 3. The van der Waals surface area contributed by atoms with Gasteiger partial charge in [-0.05, 0) is 38.4 Å². The fraction of sp³-hybridized carbons (Fsp3) is 0.615. The maximum Gasteiger partial charge on any atom is 0.0777 e. The van der Waals surface area contributed by atoms with E-state index in [0.29, 0.717) is 0 Å². The minimum atomic E-state index is -0.0153. The Morgan fingerprint density at radius 2 is 2.41 bits per heavy atom. The quantitative estimate of drug-likeness (QED) is 0.865. The highest BCUT2D eigenvalue weighted by Crippen LogP contribution is 2.24. The van der Waals surface area contributed by atoms with Crippen LogP contribution in [0.5, 0.6) is 0 Å². The van der Waals surface area contributed by atoms with Gasteiger partial charge in [-0.15, -0.1) is 0 Å². The number of pyridine rings is 1. The molecule has 2 N–H and O–H groups in total. The van der Waals surface area contributed by atoms with Gasteiger partial charge in [0.25, 0.3) is 0 Å². The molecule has 1 aromatic rings. The van der Waals surface area contributed by atoms with Crippen molar-refractivity contribution in [2.75, 3.05) is 25.9 Å². The molecule has 0 spiro atoms. The summed E-state index contributed by atoms with van der Waals surface area (Å²) in [6.07, 6.45) is 4.07. The van der Waals surface area contributed by atoms with E-state index in [4.69, 9.17) is 10.5 Å². The smallest absolute Gasteiger partial charge is 0.0777 e. The van der Waals surface area contributed by atoms with Crippen LogP contribution >= 0.6 is 0 Å². The Kier molecular flexibility index (Phi) is 3.64. The third-order valence-electron chi connectivity index (χ3n) is 3.46. The number of hydrogen-bond acceptors (Lipinski definition) is 4. The van der Waals surface area contributed by atoms with E-state index in [-0.39, 0.29) is 5.60 Å². The van der Waals surface area contributed by atoms with Crippen molar-refractivity contribution < 1.29 is 4.74 Å². The number of nitrogens with zero attached hydrogens (tertiary/aromatic N) is 2. The first-order valence-corrected chi connectivity index (χ1v) is 6.09. The van der Waals surface area contributed by atoms with Crippen molar-refractivity contribution in [2.45, 2.75) is 31.9 Å². The fourth-order valence-electron chi connectivity index (χ4n) is 2.42. The van der Waals surface area contributed by atoms with Gasteiger partial charge in [-0.2, -0.15) is 0 Å². The minimum absolute atomic E-state index is 0.0153. The van der Waals surface area contributed by atoms with Crippen molar-refractivity contribution >= 4 is 5.69 Å². The highest BCUT2D eigenvalue weighted by Gasteiger charge is 2.30. The van der Waals surface area contributed by atoms with E-state index >= 15 is 0 Å². The predicted octanol–water partition coefficient (Wildman–Crippen LogP) is 1.66. The molecule has 2 heterocycles. The number of nitrogen functional groups attached to an aromatic ring is 1. The van der Waals surface area contributed by atoms with Crippen LogP contribution in [0.1, 0.15) is 25.5 Å². The molecule has 4 nitrogen and oxygen atoms in total. The van der Waals surface area contributed by atoms with Gasteiger partial charge < -0.3 is 10.5 Å². The molecule has 94 valence electrons. The van der Waals surface area contributed by atoms with Crippen LogP contribution < -0.4 is 5.73 Å². The van der Waals surface area contributed by atoms with Crippen LogP contribution in [0.2, 0.25) is 0 Å². The summed E-state index contributed by atoms with van der Waals surface area (Å²) < 4.78 is 5.58. The van der Waals surface area contributed by atoms with Gasteiger partial charge in [0, 0.05) is 32.1 Å². The summed E-state index contributed by atoms with van der Waals surface area (Å²) in [6, 6.07) is 3.76. The summed E-state index contributed by atoms with van der Waals surface area (Å²) in [5.74, 6) is 0. The van der Waals surface area contributed by atoms with Gasteiger partial charge in [-0.1, -0.05) is 0 Å². The normalized spacial score (nSPS) is 26.0. The molecule has 1 unspecified atom stereocenters. The second kappa shape index (κ2) is 5.02. The summed E-state index contributed by atoms with van der Waals surface area (Å²) in [5.41, 5.74) is 7.56. The molecule has 4 heteroatoms. The highest BCUT2D eigenvalue weighted by molar-refractivity contribution is 5.37. The second-order valence-electron chi connectivity index (χ2n) is 5.05. The molecule has 0 radical (unpaired) electrons. The Bertz CT molecular complexity index is 383. The zero-order chi connectivity index (χ0) is 12.3. The van der Waals surface area contributed by atoms with Crippen LogP contribution in [-0.4, -0.2) is 35.7 Å². The van der Waals surface area contributed by atoms with Crippen molar-refractivity contribution in [1.82, 2.24) is 9.88 Å². The van der Waals surface area contributed by atoms with E-state index in [2.05, 4.69) is 16.8 Å². The number of nitrogens with two attached hydrogens (primary N) is 1. The lowest BCUT2D eigenvalue weighted by Crippen LogP contribution is -2.46. The first-order chi connectivity index (χ1) is 8.11. The van der Waals surface area contributed by atoms with E-state index in [1.54, 1.807) is 13.3 Å². The van der Waals surface area contributed by atoms with Crippen LogP contribution in [0, 0.1) is 0 Å². The average molecular weight is 235 g/mol. The van der Waals surface area contributed by atoms with Gasteiger partial charge in [0.1, 0.15) is 0 Å². The second-order valence-corrected chi connectivity index (χ2v) is 5.05. The van der Waals surface area contributed by atoms with E-state index in [1.807, 2.05) is 12.1 Å². The Balaban J connectivity index is 1.99. The predicted molar refractivity (Wildman–Crippen MR) is 68.6 cm³/mol. The highest BCUT2D eigenvalue weighted by atomic mass is 16.5. The van der Waals surface area contributed by atoms with E-state index < -0.39 is 0 Å². The number of hydrogen-bond donors (Lipinski definition) is 1. The third-order valence-corrected chi connectivity index (χ3v) is 3.46. The summed E-state index contributed by atoms with van der Waals surface area (Å²) in [5, 5.41) is 0. The molecule has 1 fully saturated rings. The number of aromatic nitrogens is 1. The monoisotopic (exact) mass is 235 g/mol. The molecular weight excluding hydrogens is 214 g/mol. The SMILES string of the molecule is COC1(C)CCCN(Cc2cc(N)ccn2)C1. The Labute approximate surface area is 103 Å². The van der Waals surface area contributed by atoms with Crippen LogP contribution in [-0.2, 0) is 11.3 Å². The lowest BCUT2D eigenvalue weighted by atomic mass is 9.94. The van der Waals surface area contributed by atoms with Gasteiger partial charge in [0.05, 0.1) is 11.3 Å². The number of piperidine rings is 1. The van der Waals surface area contributed by atoms with Crippen LogP contribution in [0.15, 0.2) is 18.3 Å². The molecule has 0 bridgehead atoms. The molecular formula is C13H21N3O. The van der Waals surface area contributed by atoms with E-state index in [0.717, 1.165) is 37.4 Å². The zero-order valence-electron chi connectivity index (χ0n) is 10.6. The van der Waals surface area contributed by atoms with Gasteiger partial charge in [-0.3, -0.25) is 9.88 Å². The standard InChI is InChI=1S/C13H21N3O/c1-13(17-2)5-3-7-16(10-13)9-12-8-11(14)4-6-15-12/h4,6,8H,3,5,7,9-10H2,1-2H3,(H2,14,15). The molecule has 0 saturated carbocycles. The van der Waals surface area contributed by atoms with Gasteiger partial charge in [0.2, 0.25) is 0 Å². The van der Waals surface area contributed by atoms with Crippen molar-refractivity contribution in [1.29, 1.82) is 0 Å². The third kappa shape index (κ3) is 3.17. The Hall–Kier alpha value is -1.13. The van der Waals surface area contributed by atoms with Crippen molar-refractivity contribution in [3.8, 4) is 0 Å². The lowest BCUT2D eigenvalue weighted by Gasteiger charge is -2.39. The van der Waals surface area contributed by atoms with E-state index in [9.17, 15) is 0 Å². The van der Waals surface area contributed by atoms with Crippen molar-refractivity contribution in [3.63, 3.8) is 0 Å². The van der Waals surface area contributed by atoms with Crippen LogP contribution in [0.4, 0.5) is 5.69 Å². The molecule has 1 aromatic heterocycles. The molecule has 1 saturated heterocycles. The van der Waals surface area contributed by atoms with Gasteiger partial charge >= 0.3 is 0 Å². The first-order valence-electron chi connectivity index (χ1n) is 6.09. The van der Waals surface area contributed by atoms with Gasteiger partial charge in [-0.25, -0.2) is 0 Å². The number of ether oxygens (including phenoxy) is 1. The Morgan fingerprint density at radius 1 is 1.59 bits per heavy atom. The summed E-state index contributed by atoms with van der Waals surface area (Å²) in [6.45, 7) is 5.09. The fourth-order valence-corrected chi connectivity index (χ4v) is 2.42. The molecule has 2 rings (SSSR count). The molecule has 0 aliphatic carbocycles. The largest absolute Gasteiger partial charge is 0.399 e. The summed E-state index contributed by atoms with van der Waals surface area (Å²) >= 11 is 0. The Morgan fingerprint density at radius 3 is 3.12 bits per heavy atom. The number of methoxy groups -OCH3 is 1. The number of likely N-dealkylation sites (tertiary alicyclic amines) is 1. The lowest BCUT2D eigenvalue weighted by molar-refractivity contribution is -0.0529. The minimum Gasteiger partial charge on any atom is -0.399 e. The first kappa shape index (κ1) is 12.3. The maximum atomic E-state index is 5.76. The van der Waals surface area contributed by atoms with Crippen LogP contribution in [0.3, 0.4) is 0 Å². The molecule has 0 aromatic carbocycles. The summed E-state index contributed by atoms with van der Waals surface area (Å²) in [4.78, 5) is 6.73. The molecule has 17 heavy (non-hydrogen) atoms. The molecule has 1 aliphatic heterocycles. The molecule has 1 atom stereocenters. The van der Waals surface area contributed by atoms with Crippen LogP contribution in [0.25, 0.3) is 0 Å². The number of anilines is 1. The van der Waals surface area contributed by atoms with Gasteiger partial charge in [0.15, 0.2) is 0 Å². The summed E-state index contributed by atoms with van der Waals surface area (Å²) in [7, 11) is 1.79. The maximum absolute atomic E-state index is 5.76. The molecule has 0 amide bonds. The van der Waals surface area contributed by atoms with Crippen molar-refractivity contribution in [3.05, 3.63) is 24.0 Å². The van der Waals surface area contributed by atoms with Crippen molar-refractivity contribution in [2.24, 2.45) is 0 Å². The topological polar surface area (TPSA) is 51.4 Å². The van der Waals surface area contributed by atoms with E-state index in [1.165, 1.54) is 6.42 Å². The average Bonchev–Trinajstić information content (AvgIpc) is 2.29.